The molecule has 0 spiro atoms. The first-order valence-electron chi connectivity index (χ1n) is 45.5. The molecule has 0 aliphatic carbocycles. The van der Waals surface area contributed by atoms with Gasteiger partial charge >= 0.3 is 18.2 Å². The number of likely N-dealkylation sites (tertiary alicyclic amines) is 3. The fraction of sp³-hybridized carbons (Fsp3) is 0.573. The minimum atomic E-state index is -4.80. The number of hydrogen-bond donors (Lipinski definition) is 2. The number of carbonyl (C=O) groups is 9. The van der Waals surface area contributed by atoms with Crippen molar-refractivity contribution in [3.8, 4) is 0 Å². The Morgan fingerprint density at radius 1 is 0.524 bits per heavy atom. The second-order valence-corrected chi connectivity index (χ2v) is 41.3. The average molecular weight is 1800 g/mol. The third-order valence-corrected chi connectivity index (χ3v) is 31.2. The largest absolute Gasteiger partial charge is 0.416 e. The lowest BCUT2D eigenvalue weighted by Crippen LogP contribution is -2.51. The van der Waals surface area contributed by atoms with Crippen LogP contribution in [0.25, 0.3) is 5.57 Å². The molecule has 16 rings (SSSR count). The Balaban J connectivity index is 0.000000163. The molecule has 0 aromatic heterocycles. The van der Waals surface area contributed by atoms with E-state index in [4.69, 9.17) is 4.74 Å². The van der Waals surface area contributed by atoms with E-state index >= 15 is 0 Å². The van der Waals surface area contributed by atoms with Crippen molar-refractivity contribution in [2.75, 3.05) is 127 Å². The Bertz CT molecular complexity index is 4720. The van der Waals surface area contributed by atoms with Crippen molar-refractivity contribution in [1.29, 1.82) is 0 Å². The van der Waals surface area contributed by atoms with Crippen LogP contribution in [0.4, 0.5) is 44.2 Å². The summed E-state index contributed by atoms with van der Waals surface area (Å²) in [6.07, 6.45) is 7.32. The van der Waals surface area contributed by atoms with Crippen LogP contribution >= 0.6 is 35.3 Å². The van der Waals surface area contributed by atoms with Crippen molar-refractivity contribution in [2.45, 2.75) is 214 Å². The van der Waals surface area contributed by atoms with Crippen molar-refractivity contribution < 1.29 is 66.9 Å². The SMILES string of the molecule is CC(C)CCN1C(=O)C(CC(=O)N2CCC(N3CCc4ccccc4NC3=O)CC2)SC1C1CCOCC1.CC(C)CCN1C(=O)C(CC(=O)N2CCC(N3Cc4ccccc4NC3=O)CC2)SC1c1c(F)cccc1C(F)(F)F.CN1CCN(c2ccccc2C2SC(CC(=O)N3CCC(N4C=C(c5ccccc5)CC4=O)CC3)C(=O)N2CCC(C)(C)C)CC1.[HH]. The van der Waals surface area contributed by atoms with E-state index in [1.807, 2.05) is 117 Å². The van der Waals surface area contributed by atoms with Gasteiger partial charge in [0.2, 0.25) is 41.4 Å². The summed E-state index contributed by atoms with van der Waals surface area (Å²) < 4.78 is 62.1. The monoisotopic (exact) mass is 1790 g/mol. The molecule has 11 amide bonds. The molecular weight excluding hydrogens is 1670 g/mol. The number of piperazine rings is 1. The topological polar surface area (TPSA) is 223 Å². The van der Waals surface area contributed by atoms with Crippen LogP contribution in [0.5, 0.6) is 0 Å². The molecule has 0 saturated carbocycles. The van der Waals surface area contributed by atoms with E-state index < -0.39 is 44.9 Å². The molecule has 0 radical (unpaired) electrons. The quantitative estimate of drug-likeness (QED) is 0.0615. The molecule has 11 aliphatic rings. The van der Waals surface area contributed by atoms with E-state index in [9.17, 15) is 60.7 Å². The summed E-state index contributed by atoms with van der Waals surface area (Å²) in [6.45, 7) is 26.4. The number of nitrogens with one attached hydrogen (secondary N) is 2. The predicted molar refractivity (Wildman–Crippen MR) is 490 cm³/mol. The van der Waals surface area contributed by atoms with Crippen molar-refractivity contribution in [1.82, 2.24) is 49.0 Å². The highest BCUT2D eigenvalue weighted by molar-refractivity contribution is 8.02. The van der Waals surface area contributed by atoms with Crippen LogP contribution in [0.2, 0.25) is 0 Å². The van der Waals surface area contributed by atoms with E-state index in [-0.39, 0.29) is 120 Å². The van der Waals surface area contributed by atoms with Crippen LogP contribution in [0, 0.1) is 29.0 Å². The van der Waals surface area contributed by atoms with Gasteiger partial charge in [0.1, 0.15) is 16.6 Å². The second kappa shape index (κ2) is 41.7. The van der Waals surface area contributed by atoms with Gasteiger partial charge in [0.15, 0.2) is 0 Å². The minimum Gasteiger partial charge on any atom is -0.381 e. The molecule has 6 unspecified atom stereocenters. The van der Waals surface area contributed by atoms with Crippen molar-refractivity contribution in [3.05, 3.63) is 167 Å². The summed E-state index contributed by atoms with van der Waals surface area (Å²) in [5.74, 6) is -0.151. The number of amides is 11. The highest BCUT2D eigenvalue weighted by Gasteiger charge is 2.50. The molecule has 682 valence electrons. The van der Waals surface area contributed by atoms with Gasteiger partial charge in [-0.1, -0.05) is 139 Å². The van der Waals surface area contributed by atoms with Crippen LogP contribution in [-0.4, -0.2) is 254 Å². The zero-order valence-corrected chi connectivity index (χ0v) is 76.6. The standard InChI is InChI=1S/C37H49N5O3S.C30H34F4N4O3S.C29H42N4O4S.H2/c1-37(2,3)16-19-41-35(45)32(46-36(41)30-12-8-9-13-31(30)39-22-20-38(4)21-23-39)25-33(43)40-17-14-29(15-18-40)42-26-28(24-34(42)44)27-10-6-5-7-11-27;1-18(2)10-15-37-27(40)24(42-28(37)26-21(30(32,33)34)7-5-8-22(26)31)16-25(39)36-13-11-20(12-14-36)38-17-19-6-3-4-9-23(19)35-29(38)41;1-20(2)7-15-33-27(35)25(38-28(33)22-11-17-37-18-12-22)19-26(34)31-13-9-23(10-14-31)32-16-8-21-5-3-4-6-24(21)30-29(32)36;/h5-13,26,29,32,36H,14-25H2,1-4H3;3-9,18,20,24,28H,10-17H2,1-2H3,(H,35,41);3-6,20,22-23,25,28H,7-19H2,1-2H3,(H,30,36);1H. The molecule has 8 fully saturated rings. The normalized spacial score (nSPS) is 23.5. The van der Waals surface area contributed by atoms with Gasteiger partial charge in [-0.2, -0.15) is 13.2 Å². The smallest absolute Gasteiger partial charge is 0.381 e. The molecule has 11 aliphatic heterocycles. The minimum absolute atomic E-state index is 0. The maximum atomic E-state index is 15.0. The van der Waals surface area contributed by atoms with Gasteiger partial charge in [-0.05, 0) is 160 Å². The van der Waals surface area contributed by atoms with Crippen molar-refractivity contribution in [2.24, 2.45) is 23.2 Å². The van der Waals surface area contributed by atoms with Gasteiger partial charge < -0.3 is 69.3 Å². The van der Waals surface area contributed by atoms with E-state index in [1.54, 1.807) is 33.3 Å². The van der Waals surface area contributed by atoms with Crippen LogP contribution in [0.15, 0.2) is 128 Å². The number of anilines is 3. The Kier molecular flexibility index (Phi) is 30.9. The third kappa shape index (κ3) is 22.7. The second-order valence-electron chi connectivity index (χ2n) is 37.4. The third-order valence-electron chi connectivity index (χ3n) is 26.6. The number of urea groups is 2. The number of piperidine rings is 3. The Labute approximate surface area is 754 Å². The number of thioether (sulfide) groups is 3. The zero-order valence-electron chi connectivity index (χ0n) is 74.1. The molecule has 30 heteroatoms. The number of rotatable bonds is 22. The molecule has 23 nitrogen and oxygen atoms in total. The lowest BCUT2D eigenvalue weighted by atomic mass is 9.92. The van der Waals surface area contributed by atoms with Gasteiger partial charge in [-0.3, -0.25) is 33.6 Å². The Morgan fingerprint density at radius 3 is 1.60 bits per heavy atom. The fourth-order valence-electron chi connectivity index (χ4n) is 19.1. The molecular formula is C96H127F4N13O10S3. The molecule has 8 saturated heterocycles. The van der Waals surface area contributed by atoms with Crippen LogP contribution < -0.4 is 15.5 Å². The van der Waals surface area contributed by atoms with Gasteiger partial charge in [-0.15, -0.1) is 35.3 Å². The van der Waals surface area contributed by atoms with E-state index in [0.29, 0.717) is 96.4 Å². The number of carbonyl (C=O) groups excluding carboxylic acids is 9. The van der Waals surface area contributed by atoms with E-state index in [0.717, 1.165) is 167 Å². The van der Waals surface area contributed by atoms with Gasteiger partial charge in [0.05, 0.1) is 33.1 Å². The number of halogens is 4. The van der Waals surface area contributed by atoms with Crippen LogP contribution in [-0.2, 0) is 57.4 Å². The maximum Gasteiger partial charge on any atom is 0.416 e. The number of alkyl halides is 3. The number of ether oxygens (including phenoxy) is 1. The number of likely N-dealkylation sites (N-methyl/N-ethyl adjacent to an activating group) is 1. The zero-order chi connectivity index (χ0) is 89.3. The first kappa shape index (κ1) is 93.3. The Morgan fingerprint density at radius 2 is 1.02 bits per heavy atom. The highest BCUT2D eigenvalue weighted by Crippen LogP contribution is 2.52. The lowest BCUT2D eigenvalue weighted by molar-refractivity contribution is -0.140. The maximum absolute atomic E-state index is 15.0. The Hall–Kier alpha value is -8.84. The summed E-state index contributed by atoms with van der Waals surface area (Å²) in [7, 11) is 2.16. The molecule has 6 atom stereocenters. The molecule has 5 aromatic carbocycles. The number of para-hydroxylation sites is 3. The fourth-order valence-corrected chi connectivity index (χ4v) is 23.8. The van der Waals surface area contributed by atoms with Crippen LogP contribution in [0.3, 0.4) is 0 Å². The highest BCUT2D eigenvalue weighted by atomic mass is 32.2. The first-order chi connectivity index (χ1) is 60.4. The summed E-state index contributed by atoms with van der Waals surface area (Å²) in [4.78, 5) is 141. The molecule has 5 aromatic rings. The first-order valence-corrected chi connectivity index (χ1v) is 48.3. The van der Waals surface area contributed by atoms with Crippen LogP contribution in [0.1, 0.15) is 190 Å². The molecule has 126 heavy (non-hydrogen) atoms. The van der Waals surface area contributed by atoms with Crippen molar-refractivity contribution >= 4 is 111 Å². The van der Waals surface area contributed by atoms with Gasteiger partial charge in [-0.25, -0.2) is 14.0 Å². The summed E-state index contributed by atoms with van der Waals surface area (Å²) >= 11 is 4.27. The summed E-state index contributed by atoms with van der Waals surface area (Å²) in [5.41, 5.74) is 6.82. The number of benzene rings is 5. The predicted octanol–water partition coefficient (Wildman–Crippen LogP) is 16.2. The average Bonchev–Trinajstić information content (AvgIpc) is 1.64. The van der Waals surface area contributed by atoms with E-state index in [2.05, 4.69) is 97.3 Å². The molecule has 0 bridgehead atoms. The number of fused-ring (bicyclic) bond motifs is 2. The molecule has 11 heterocycles. The molecule has 2 N–H and O–H groups in total. The summed E-state index contributed by atoms with van der Waals surface area (Å²) in [6, 6.07) is 37.0. The lowest BCUT2D eigenvalue weighted by Gasteiger charge is -2.40. The van der Waals surface area contributed by atoms with Gasteiger partial charge in [0, 0.05) is 185 Å². The van der Waals surface area contributed by atoms with Crippen molar-refractivity contribution in [3.63, 3.8) is 0 Å². The number of nitrogens with zero attached hydrogens (tertiary/aromatic N) is 11. The summed E-state index contributed by atoms with van der Waals surface area (Å²) in [5, 5.41) is 3.23. The number of hydrogen-bond acceptors (Lipinski definition) is 15. The van der Waals surface area contributed by atoms with E-state index in [1.165, 1.54) is 16.2 Å². The van der Waals surface area contributed by atoms with Gasteiger partial charge in [0.25, 0.3) is 0 Å².